The Morgan fingerprint density at radius 2 is 1.75 bits per heavy atom. The second kappa shape index (κ2) is 8.01. The largest absolute Gasteiger partial charge is 0.389 e. The Morgan fingerprint density at radius 1 is 1.17 bits per heavy atom. The average Bonchev–Trinajstić information content (AvgIpc) is 2.55. The summed E-state index contributed by atoms with van der Waals surface area (Å²) in [6.07, 6.45) is 9.94. The summed E-state index contributed by atoms with van der Waals surface area (Å²) in [5.74, 6) is 1.15. The molecule has 0 heterocycles. The Balaban J connectivity index is 2.39. The van der Waals surface area contributed by atoms with Crippen LogP contribution in [-0.4, -0.2) is 18.4 Å². The molecule has 1 nitrogen and oxygen atoms in total. The molecule has 1 aliphatic carbocycles. The summed E-state index contributed by atoms with van der Waals surface area (Å²) in [6.45, 7) is 11.3. The topological polar surface area (TPSA) is 20.2 Å². The zero-order chi connectivity index (χ0) is 17.8. The van der Waals surface area contributed by atoms with E-state index in [1.54, 1.807) is 0 Å². The highest BCUT2D eigenvalue weighted by Gasteiger charge is 2.48. The lowest BCUT2D eigenvalue weighted by Gasteiger charge is -2.44. The molecule has 0 amide bonds. The summed E-state index contributed by atoms with van der Waals surface area (Å²) in [5.41, 5.74) is 1.23. The molecule has 0 spiro atoms. The van der Waals surface area contributed by atoms with Gasteiger partial charge in [0.25, 0.3) is 0 Å². The van der Waals surface area contributed by atoms with Gasteiger partial charge in [0.1, 0.15) is 8.07 Å². The molecule has 0 unspecified atom stereocenters. The fourth-order valence-electron chi connectivity index (χ4n) is 4.39. The van der Waals surface area contributed by atoms with Crippen molar-refractivity contribution in [1.29, 1.82) is 0 Å². The molecule has 1 aromatic carbocycles. The third kappa shape index (κ3) is 4.21. The van der Waals surface area contributed by atoms with Gasteiger partial charge >= 0.3 is 0 Å². The van der Waals surface area contributed by atoms with Crippen molar-refractivity contribution in [3.63, 3.8) is 0 Å². The molecule has 0 aliphatic heterocycles. The quantitative estimate of drug-likeness (QED) is 0.538. The second-order valence-electron chi connectivity index (χ2n) is 8.70. The van der Waals surface area contributed by atoms with E-state index in [0.717, 1.165) is 6.42 Å². The van der Waals surface area contributed by atoms with Gasteiger partial charge in [-0.05, 0) is 43.6 Å². The Morgan fingerprint density at radius 3 is 2.29 bits per heavy atom. The van der Waals surface area contributed by atoms with Crippen molar-refractivity contribution in [2.45, 2.75) is 77.6 Å². The van der Waals surface area contributed by atoms with Crippen molar-refractivity contribution in [3.8, 4) is 0 Å². The number of benzene rings is 1. The molecule has 0 saturated heterocycles. The van der Waals surface area contributed by atoms with Gasteiger partial charge in [-0.15, -0.1) is 0 Å². The molecule has 1 atom stereocenters. The van der Waals surface area contributed by atoms with Crippen molar-refractivity contribution in [3.05, 3.63) is 42.0 Å². The Kier molecular flexibility index (Phi) is 6.50. The Hall–Kier alpha value is -0.863. The highest BCUT2D eigenvalue weighted by molar-refractivity contribution is 6.92. The van der Waals surface area contributed by atoms with Crippen molar-refractivity contribution in [2.24, 2.45) is 11.8 Å². The molecule has 1 aromatic rings. The van der Waals surface area contributed by atoms with E-state index in [1.165, 1.54) is 42.9 Å². The molecule has 0 bridgehead atoms. The first-order valence-electron chi connectivity index (χ1n) is 9.74. The molecule has 1 fully saturated rings. The van der Waals surface area contributed by atoms with Crippen molar-refractivity contribution in [2.75, 3.05) is 0 Å². The van der Waals surface area contributed by atoms with E-state index in [2.05, 4.69) is 70.3 Å². The Bertz CT molecular complexity index is 540. The van der Waals surface area contributed by atoms with Crippen LogP contribution in [0, 0.1) is 11.8 Å². The van der Waals surface area contributed by atoms with E-state index < -0.39 is 13.3 Å². The van der Waals surface area contributed by atoms with Crippen LogP contribution in [0.15, 0.2) is 42.0 Å². The van der Waals surface area contributed by atoms with Gasteiger partial charge in [0.15, 0.2) is 0 Å². The smallest absolute Gasteiger partial charge is 0.122 e. The molecular formula is C22H36OSi. The zero-order valence-corrected chi connectivity index (χ0v) is 17.3. The van der Waals surface area contributed by atoms with E-state index in [1.807, 2.05) is 0 Å². The first-order valence-corrected chi connectivity index (χ1v) is 12.7. The molecule has 2 rings (SSSR count). The van der Waals surface area contributed by atoms with Gasteiger partial charge in [-0.2, -0.15) is 0 Å². The van der Waals surface area contributed by atoms with Crippen LogP contribution in [0.1, 0.15) is 59.3 Å². The lowest BCUT2D eigenvalue weighted by molar-refractivity contribution is 0.127. The predicted molar refractivity (Wildman–Crippen MR) is 108 cm³/mol. The standard InChI is InChI=1S/C22H36OSi/c1-18(2)17-22(23,19(3)16-20-12-8-6-9-13-20)24(4,5)21-14-10-7-11-15-21/h7,10-11,14-16,18,20,23H,6,8-9,12-13,17H2,1-5H3/b19-16+/t22-/m0/s1. The fraction of sp³-hybridized carbons (Fsp3) is 0.636. The van der Waals surface area contributed by atoms with Crippen molar-refractivity contribution >= 4 is 13.3 Å². The van der Waals surface area contributed by atoms with Gasteiger partial charge in [0, 0.05) is 0 Å². The van der Waals surface area contributed by atoms with Crippen molar-refractivity contribution < 1.29 is 5.11 Å². The van der Waals surface area contributed by atoms with Gasteiger partial charge in [-0.25, -0.2) is 0 Å². The van der Waals surface area contributed by atoms with Crippen LogP contribution < -0.4 is 5.19 Å². The summed E-state index contributed by atoms with van der Waals surface area (Å²) in [5, 5.41) is 12.6. The maximum atomic E-state index is 12.0. The second-order valence-corrected chi connectivity index (χ2v) is 13.4. The molecule has 0 aromatic heterocycles. The van der Waals surface area contributed by atoms with E-state index >= 15 is 0 Å². The molecule has 1 saturated carbocycles. The van der Waals surface area contributed by atoms with Gasteiger partial charge in [0.2, 0.25) is 0 Å². The minimum atomic E-state index is -2.06. The highest BCUT2D eigenvalue weighted by Crippen LogP contribution is 2.36. The summed E-state index contributed by atoms with van der Waals surface area (Å²) in [7, 11) is -2.06. The number of aliphatic hydroxyl groups is 1. The number of hydrogen-bond donors (Lipinski definition) is 1. The monoisotopic (exact) mass is 344 g/mol. The van der Waals surface area contributed by atoms with Gasteiger partial charge in [-0.3, -0.25) is 0 Å². The van der Waals surface area contributed by atoms with E-state index in [4.69, 9.17) is 0 Å². The van der Waals surface area contributed by atoms with Crippen LogP contribution in [0.5, 0.6) is 0 Å². The SMILES string of the molecule is C/C(=C\C1CCCCC1)[C@](O)(CC(C)C)[Si](C)(C)c1ccccc1. The fourth-order valence-corrected chi connectivity index (χ4v) is 7.88. The third-order valence-corrected chi connectivity index (χ3v) is 10.5. The maximum absolute atomic E-state index is 12.0. The van der Waals surface area contributed by atoms with Crippen LogP contribution >= 0.6 is 0 Å². The van der Waals surface area contributed by atoms with Crippen LogP contribution in [0.4, 0.5) is 0 Å². The number of hydrogen-bond acceptors (Lipinski definition) is 1. The van der Waals surface area contributed by atoms with E-state index in [0.29, 0.717) is 11.8 Å². The van der Waals surface area contributed by atoms with Crippen LogP contribution in [-0.2, 0) is 0 Å². The average molecular weight is 345 g/mol. The predicted octanol–water partition coefficient (Wildman–Crippen LogP) is 5.45. The van der Waals surface area contributed by atoms with E-state index in [9.17, 15) is 5.11 Å². The summed E-state index contributed by atoms with van der Waals surface area (Å²) in [4.78, 5) is 0. The van der Waals surface area contributed by atoms with Gasteiger partial charge in [-0.1, -0.05) is 87.8 Å². The van der Waals surface area contributed by atoms with Crippen molar-refractivity contribution in [1.82, 2.24) is 0 Å². The van der Waals surface area contributed by atoms with E-state index in [-0.39, 0.29) is 0 Å². The third-order valence-electron chi connectivity index (χ3n) is 6.02. The lowest BCUT2D eigenvalue weighted by atomic mass is 9.86. The number of rotatable bonds is 6. The minimum Gasteiger partial charge on any atom is -0.389 e. The van der Waals surface area contributed by atoms with Gasteiger partial charge in [0.05, 0.1) is 5.22 Å². The van der Waals surface area contributed by atoms with Crippen LogP contribution in [0.2, 0.25) is 13.1 Å². The lowest BCUT2D eigenvalue weighted by Crippen LogP contribution is -2.63. The summed E-state index contributed by atoms with van der Waals surface area (Å²) >= 11 is 0. The molecule has 24 heavy (non-hydrogen) atoms. The number of allylic oxidation sites excluding steroid dienone is 1. The summed E-state index contributed by atoms with van der Waals surface area (Å²) in [6, 6.07) is 10.7. The van der Waals surface area contributed by atoms with Gasteiger partial charge < -0.3 is 5.11 Å². The first-order chi connectivity index (χ1) is 11.3. The molecule has 1 N–H and O–H groups in total. The first kappa shape index (κ1) is 19.5. The van der Waals surface area contributed by atoms with Crippen LogP contribution in [0.25, 0.3) is 0 Å². The Labute approximate surface area is 150 Å². The molecule has 134 valence electrons. The molecule has 2 heteroatoms. The molecule has 1 aliphatic rings. The summed E-state index contributed by atoms with van der Waals surface area (Å²) < 4.78 is 0. The molecule has 0 radical (unpaired) electrons. The maximum Gasteiger partial charge on any atom is 0.122 e. The zero-order valence-electron chi connectivity index (χ0n) is 16.3. The molecular weight excluding hydrogens is 308 g/mol. The normalized spacial score (nSPS) is 20.2. The van der Waals surface area contributed by atoms with Crippen LogP contribution in [0.3, 0.4) is 0 Å². The minimum absolute atomic E-state index is 0.486. The highest BCUT2D eigenvalue weighted by atomic mass is 28.3.